The topological polar surface area (TPSA) is 29.0 Å². The van der Waals surface area contributed by atoms with Crippen molar-refractivity contribution in [3.63, 3.8) is 0 Å². The van der Waals surface area contributed by atoms with Crippen molar-refractivity contribution in [3.8, 4) is 0 Å². The highest BCUT2D eigenvalue weighted by Crippen LogP contribution is 2.30. The van der Waals surface area contributed by atoms with Crippen LogP contribution in [0.5, 0.6) is 0 Å². The quantitative estimate of drug-likeness (QED) is 0.703. The molecule has 102 valence electrons. The second-order valence-electron chi connectivity index (χ2n) is 4.41. The molecule has 3 rings (SSSR count). The number of rotatable bonds is 3. The van der Waals surface area contributed by atoms with Crippen LogP contribution in [0.1, 0.15) is 5.56 Å². The van der Waals surface area contributed by atoms with E-state index in [1.165, 1.54) is 0 Å². The summed E-state index contributed by atoms with van der Waals surface area (Å²) in [6.45, 7) is 0.640. The molecule has 0 aliphatic carbocycles. The molecule has 0 aliphatic heterocycles. The van der Waals surface area contributed by atoms with Crippen molar-refractivity contribution in [3.05, 3.63) is 51.6 Å². The molecule has 2 aromatic heterocycles. The van der Waals surface area contributed by atoms with Crippen LogP contribution in [0.3, 0.4) is 0 Å². The van der Waals surface area contributed by atoms with Gasteiger partial charge in [0.1, 0.15) is 17.0 Å². The largest absolute Gasteiger partial charge is 0.355 e. The molecule has 0 spiro atoms. The number of halogens is 2. The van der Waals surface area contributed by atoms with E-state index in [4.69, 9.17) is 23.2 Å². The Morgan fingerprint density at radius 3 is 2.90 bits per heavy atom. The third-order valence-corrected chi connectivity index (χ3v) is 4.72. The van der Waals surface area contributed by atoms with Gasteiger partial charge >= 0.3 is 0 Å². The van der Waals surface area contributed by atoms with E-state index in [1.54, 1.807) is 23.7 Å². The number of hydrogen-bond acceptors (Lipinski definition) is 4. The van der Waals surface area contributed by atoms with E-state index in [0.717, 1.165) is 21.6 Å². The van der Waals surface area contributed by atoms with Crippen LogP contribution in [0, 0.1) is 0 Å². The van der Waals surface area contributed by atoms with Crippen LogP contribution >= 0.6 is 34.5 Å². The van der Waals surface area contributed by atoms with Gasteiger partial charge in [0.05, 0.1) is 15.4 Å². The normalized spacial score (nSPS) is 10.9. The Bertz CT molecular complexity index is 757. The minimum absolute atomic E-state index is 0.570. The molecular weight excluding hydrogens is 313 g/mol. The standard InChI is InChI=1S/C14H11Cl2N3S/c1-19(7-9-3-2-4-11(15)12(9)16)13-10-5-6-20-14(10)18-8-17-13/h2-6,8H,7H2,1H3. The molecular formula is C14H11Cl2N3S. The Balaban J connectivity index is 1.95. The molecule has 3 nitrogen and oxygen atoms in total. The molecule has 6 heteroatoms. The predicted octanol–water partition coefficient (Wildman–Crippen LogP) is 4.63. The molecule has 0 fully saturated rings. The Labute approximate surface area is 130 Å². The van der Waals surface area contributed by atoms with Crippen LogP contribution in [0.2, 0.25) is 10.0 Å². The van der Waals surface area contributed by atoms with Crippen molar-refractivity contribution in [2.45, 2.75) is 6.54 Å². The number of aromatic nitrogens is 2. The van der Waals surface area contributed by atoms with E-state index in [9.17, 15) is 0 Å². The first-order valence-corrected chi connectivity index (χ1v) is 7.62. The smallest absolute Gasteiger partial charge is 0.140 e. The zero-order valence-electron chi connectivity index (χ0n) is 10.7. The summed E-state index contributed by atoms with van der Waals surface area (Å²) < 4.78 is 0. The fourth-order valence-corrected chi connectivity index (χ4v) is 3.19. The van der Waals surface area contributed by atoms with Crippen LogP contribution in [-0.4, -0.2) is 17.0 Å². The lowest BCUT2D eigenvalue weighted by Crippen LogP contribution is -2.18. The Morgan fingerprint density at radius 1 is 1.20 bits per heavy atom. The summed E-state index contributed by atoms with van der Waals surface area (Å²) in [6, 6.07) is 7.69. The number of benzene rings is 1. The van der Waals surface area contributed by atoms with Gasteiger partial charge in [-0.05, 0) is 23.1 Å². The average molecular weight is 324 g/mol. The van der Waals surface area contributed by atoms with Crippen LogP contribution in [0.15, 0.2) is 36.0 Å². The molecule has 3 aromatic rings. The summed E-state index contributed by atoms with van der Waals surface area (Å²) in [4.78, 5) is 11.7. The molecule has 0 aliphatic rings. The molecule has 0 bridgehead atoms. The number of thiophene rings is 1. The lowest BCUT2D eigenvalue weighted by Gasteiger charge is -2.19. The van der Waals surface area contributed by atoms with Crippen LogP contribution in [-0.2, 0) is 6.54 Å². The maximum atomic E-state index is 6.23. The molecule has 20 heavy (non-hydrogen) atoms. The first-order valence-electron chi connectivity index (χ1n) is 5.99. The van der Waals surface area contributed by atoms with Gasteiger partial charge in [0, 0.05) is 13.6 Å². The van der Waals surface area contributed by atoms with Gasteiger partial charge in [-0.3, -0.25) is 0 Å². The Hall–Kier alpha value is -1.36. The van der Waals surface area contributed by atoms with E-state index >= 15 is 0 Å². The maximum absolute atomic E-state index is 6.23. The third-order valence-electron chi connectivity index (χ3n) is 3.04. The summed E-state index contributed by atoms with van der Waals surface area (Å²) in [6.07, 6.45) is 1.59. The van der Waals surface area contributed by atoms with Crippen molar-refractivity contribution in [1.82, 2.24) is 9.97 Å². The third kappa shape index (κ3) is 2.46. The predicted molar refractivity (Wildman–Crippen MR) is 86.0 cm³/mol. The number of anilines is 1. The first kappa shape index (κ1) is 13.6. The highest BCUT2D eigenvalue weighted by molar-refractivity contribution is 7.16. The van der Waals surface area contributed by atoms with E-state index in [0.29, 0.717) is 16.6 Å². The summed E-state index contributed by atoms with van der Waals surface area (Å²) >= 11 is 13.9. The van der Waals surface area contributed by atoms with E-state index in [1.807, 2.05) is 35.5 Å². The monoisotopic (exact) mass is 323 g/mol. The van der Waals surface area contributed by atoms with Crippen LogP contribution < -0.4 is 4.90 Å². The van der Waals surface area contributed by atoms with Crippen molar-refractivity contribution in [2.24, 2.45) is 0 Å². The summed E-state index contributed by atoms with van der Waals surface area (Å²) in [5.74, 6) is 0.896. The number of fused-ring (bicyclic) bond motifs is 1. The van der Waals surface area contributed by atoms with Gasteiger partial charge < -0.3 is 4.90 Å². The number of nitrogens with zero attached hydrogens (tertiary/aromatic N) is 3. The lowest BCUT2D eigenvalue weighted by atomic mass is 10.2. The second-order valence-corrected chi connectivity index (χ2v) is 6.09. The fraction of sp³-hybridized carbons (Fsp3) is 0.143. The first-order chi connectivity index (χ1) is 9.66. The van der Waals surface area contributed by atoms with Gasteiger partial charge in [0.25, 0.3) is 0 Å². The molecule has 1 aromatic carbocycles. The zero-order chi connectivity index (χ0) is 14.1. The van der Waals surface area contributed by atoms with Gasteiger partial charge in [-0.15, -0.1) is 11.3 Å². The molecule has 0 saturated heterocycles. The molecule has 0 saturated carbocycles. The molecule has 0 N–H and O–H groups in total. The summed E-state index contributed by atoms with van der Waals surface area (Å²) in [7, 11) is 1.98. The van der Waals surface area contributed by atoms with Crippen molar-refractivity contribution < 1.29 is 0 Å². The van der Waals surface area contributed by atoms with Gasteiger partial charge in [0.2, 0.25) is 0 Å². The zero-order valence-corrected chi connectivity index (χ0v) is 13.0. The van der Waals surface area contributed by atoms with Gasteiger partial charge in [-0.1, -0.05) is 35.3 Å². The summed E-state index contributed by atoms with van der Waals surface area (Å²) in [5.41, 5.74) is 0.976. The Kier molecular flexibility index (Phi) is 3.78. The number of hydrogen-bond donors (Lipinski definition) is 0. The SMILES string of the molecule is CN(Cc1cccc(Cl)c1Cl)c1ncnc2sccc12. The van der Waals surface area contributed by atoms with E-state index in [2.05, 4.69) is 9.97 Å². The highest BCUT2D eigenvalue weighted by Gasteiger charge is 2.12. The average Bonchev–Trinajstić information content (AvgIpc) is 2.92. The van der Waals surface area contributed by atoms with Crippen molar-refractivity contribution in [1.29, 1.82) is 0 Å². The molecule has 0 unspecified atom stereocenters. The second kappa shape index (κ2) is 5.56. The molecule has 0 amide bonds. The minimum Gasteiger partial charge on any atom is -0.355 e. The van der Waals surface area contributed by atoms with Gasteiger partial charge in [-0.25, -0.2) is 9.97 Å². The lowest BCUT2D eigenvalue weighted by molar-refractivity contribution is 0.901. The maximum Gasteiger partial charge on any atom is 0.140 e. The van der Waals surface area contributed by atoms with Crippen LogP contribution in [0.4, 0.5) is 5.82 Å². The summed E-state index contributed by atoms with van der Waals surface area (Å²) in [5, 5.41) is 4.24. The van der Waals surface area contributed by atoms with Crippen LogP contribution in [0.25, 0.3) is 10.2 Å². The van der Waals surface area contributed by atoms with Crippen molar-refractivity contribution >= 4 is 50.6 Å². The van der Waals surface area contributed by atoms with E-state index < -0.39 is 0 Å². The molecule has 2 heterocycles. The van der Waals surface area contributed by atoms with E-state index in [-0.39, 0.29) is 0 Å². The Morgan fingerprint density at radius 2 is 2.05 bits per heavy atom. The van der Waals surface area contributed by atoms with Gasteiger partial charge in [0.15, 0.2) is 0 Å². The molecule has 0 radical (unpaired) electrons. The fourth-order valence-electron chi connectivity index (χ4n) is 2.08. The van der Waals surface area contributed by atoms with Gasteiger partial charge in [-0.2, -0.15) is 0 Å². The van der Waals surface area contributed by atoms with Crippen molar-refractivity contribution in [2.75, 3.05) is 11.9 Å². The highest BCUT2D eigenvalue weighted by atomic mass is 35.5. The molecule has 0 atom stereocenters. The minimum atomic E-state index is 0.570.